The molecule has 3 heterocycles. The first-order valence-electron chi connectivity index (χ1n) is 9.20. The summed E-state index contributed by atoms with van der Waals surface area (Å²) in [5.41, 5.74) is 1.25. The summed E-state index contributed by atoms with van der Waals surface area (Å²) >= 11 is 0. The van der Waals surface area contributed by atoms with Gasteiger partial charge in [0.1, 0.15) is 5.56 Å². The molecule has 1 saturated heterocycles. The Kier molecular flexibility index (Phi) is 4.38. The number of nitrogens with zero attached hydrogens (tertiary/aromatic N) is 2. The number of fused-ring (bicyclic) bond motifs is 1. The van der Waals surface area contributed by atoms with Crippen LogP contribution in [0, 0.1) is 5.92 Å². The maximum Gasteiger partial charge on any atom is 0.261 e. The molecule has 0 radical (unpaired) electrons. The number of rotatable bonds is 2. The molecule has 1 amide bonds. The highest BCUT2D eigenvalue weighted by molar-refractivity contribution is 5.94. The molecule has 130 valence electrons. The van der Waals surface area contributed by atoms with Crippen molar-refractivity contribution in [2.24, 2.45) is 5.92 Å². The van der Waals surface area contributed by atoms with Crippen molar-refractivity contribution in [2.75, 3.05) is 6.54 Å². The number of aromatic nitrogens is 2. The lowest BCUT2D eigenvalue weighted by molar-refractivity contribution is 0.0389. The van der Waals surface area contributed by atoms with Gasteiger partial charge in [-0.2, -0.15) is 0 Å². The number of pyridine rings is 2. The van der Waals surface area contributed by atoms with Crippen molar-refractivity contribution in [1.82, 2.24) is 14.9 Å². The van der Waals surface area contributed by atoms with Crippen LogP contribution in [-0.2, 0) is 0 Å². The lowest BCUT2D eigenvalue weighted by Gasteiger charge is -2.44. The fraction of sp³-hybridized carbons (Fsp3) is 0.450. The Morgan fingerprint density at radius 1 is 1.08 bits per heavy atom. The number of carbonyl (C=O) groups excluding carboxylic acids is 1. The Labute approximate surface area is 147 Å². The van der Waals surface area contributed by atoms with Crippen molar-refractivity contribution in [3.8, 4) is 11.4 Å². The van der Waals surface area contributed by atoms with Crippen molar-refractivity contribution >= 4 is 5.91 Å². The molecule has 0 spiro atoms. The molecule has 1 saturated carbocycles. The Morgan fingerprint density at radius 2 is 1.92 bits per heavy atom. The molecule has 2 aromatic heterocycles. The maximum absolute atomic E-state index is 13.0. The summed E-state index contributed by atoms with van der Waals surface area (Å²) in [5, 5.41) is 0. The monoisotopic (exact) mass is 337 g/mol. The molecular formula is C20H23N3O2. The van der Waals surface area contributed by atoms with E-state index in [4.69, 9.17) is 0 Å². The largest absolute Gasteiger partial charge is 0.335 e. The maximum atomic E-state index is 13.0. The summed E-state index contributed by atoms with van der Waals surface area (Å²) in [7, 11) is 0. The smallest absolute Gasteiger partial charge is 0.261 e. The standard InChI is InChI=1S/C20H23N3O2/c24-19-15(10-11-17(22-19)16-8-3-4-12-21-16)20(25)23-13-5-7-14-6-1-2-9-18(14)23/h3-4,8,10-12,14,18H,1-2,5-7,9,13H2,(H,22,24). The summed E-state index contributed by atoms with van der Waals surface area (Å²) < 4.78 is 0. The van der Waals surface area contributed by atoms with Crippen molar-refractivity contribution in [2.45, 2.75) is 44.6 Å². The highest BCUT2D eigenvalue weighted by Gasteiger charge is 2.36. The van der Waals surface area contributed by atoms with Crippen molar-refractivity contribution < 1.29 is 4.79 Å². The first-order chi connectivity index (χ1) is 12.2. The van der Waals surface area contributed by atoms with Gasteiger partial charge in [0.15, 0.2) is 0 Å². The van der Waals surface area contributed by atoms with Gasteiger partial charge >= 0.3 is 0 Å². The molecule has 2 fully saturated rings. The Hall–Kier alpha value is -2.43. The molecule has 4 rings (SSSR count). The lowest BCUT2D eigenvalue weighted by Crippen LogP contribution is -2.50. The molecule has 5 heteroatoms. The van der Waals surface area contributed by atoms with Crippen molar-refractivity contribution in [1.29, 1.82) is 0 Å². The van der Waals surface area contributed by atoms with E-state index in [9.17, 15) is 9.59 Å². The first kappa shape index (κ1) is 16.1. The lowest BCUT2D eigenvalue weighted by atomic mass is 9.78. The van der Waals surface area contributed by atoms with Crippen LogP contribution in [0.5, 0.6) is 0 Å². The van der Waals surface area contributed by atoms with E-state index < -0.39 is 0 Å². The average Bonchev–Trinajstić information content (AvgIpc) is 2.67. The second kappa shape index (κ2) is 6.82. The van der Waals surface area contributed by atoms with E-state index in [-0.39, 0.29) is 17.0 Å². The van der Waals surface area contributed by atoms with Crippen LogP contribution in [0.1, 0.15) is 48.9 Å². The van der Waals surface area contributed by atoms with E-state index >= 15 is 0 Å². The molecule has 1 aliphatic carbocycles. The topological polar surface area (TPSA) is 66.1 Å². The van der Waals surface area contributed by atoms with Gasteiger partial charge in [0.25, 0.3) is 11.5 Å². The summed E-state index contributed by atoms with van der Waals surface area (Å²) in [5.74, 6) is 0.490. The van der Waals surface area contributed by atoms with Crippen LogP contribution in [0.25, 0.3) is 11.4 Å². The third kappa shape index (κ3) is 3.11. The third-order valence-electron chi connectivity index (χ3n) is 5.58. The fourth-order valence-electron chi connectivity index (χ4n) is 4.35. The minimum atomic E-state index is -0.328. The molecule has 2 unspecified atom stereocenters. The summed E-state index contributed by atoms with van der Waals surface area (Å²) in [4.78, 5) is 34.6. The summed E-state index contributed by atoms with van der Waals surface area (Å²) in [6.07, 6.45) is 8.66. The van der Waals surface area contributed by atoms with Crippen LogP contribution >= 0.6 is 0 Å². The van der Waals surface area contributed by atoms with E-state index in [1.807, 2.05) is 23.1 Å². The number of hydrogen-bond donors (Lipinski definition) is 1. The van der Waals surface area contributed by atoms with Gasteiger partial charge in [-0.15, -0.1) is 0 Å². The number of aromatic amines is 1. The predicted octanol–water partition coefficient (Wildman–Crippen LogP) is 3.23. The van der Waals surface area contributed by atoms with E-state index in [0.29, 0.717) is 23.3 Å². The Balaban J connectivity index is 1.61. The number of H-pyrrole nitrogens is 1. The summed E-state index contributed by atoms with van der Waals surface area (Å²) in [6, 6.07) is 9.28. The first-order valence-corrected chi connectivity index (χ1v) is 9.20. The van der Waals surface area contributed by atoms with Gasteiger partial charge in [0.2, 0.25) is 0 Å². The fourth-order valence-corrected chi connectivity index (χ4v) is 4.35. The number of carbonyl (C=O) groups is 1. The van der Waals surface area contributed by atoms with Crippen LogP contribution in [0.15, 0.2) is 41.3 Å². The van der Waals surface area contributed by atoms with Gasteiger partial charge in [-0.3, -0.25) is 14.6 Å². The van der Waals surface area contributed by atoms with Crippen LogP contribution in [0.2, 0.25) is 0 Å². The highest BCUT2D eigenvalue weighted by atomic mass is 16.2. The number of likely N-dealkylation sites (tertiary alicyclic amines) is 1. The average molecular weight is 337 g/mol. The van der Waals surface area contributed by atoms with Gasteiger partial charge < -0.3 is 9.88 Å². The van der Waals surface area contributed by atoms with Crippen molar-refractivity contribution in [3.63, 3.8) is 0 Å². The zero-order valence-electron chi connectivity index (χ0n) is 14.3. The van der Waals surface area contributed by atoms with Gasteiger partial charge in [0, 0.05) is 18.8 Å². The Morgan fingerprint density at radius 3 is 2.72 bits per heavy atom. The molecule has 25 heavy (non-hydrogen) atoms. The number of hydrogen-bond acceptors (Lipinski definition) is 3. The minimum Gasteiger partial charge on any atom is -0.335 e. The van der Waals surface area contributed by atoms with Crippen LogP contribution in [0.3, 0.4) is 0 Å². The molecular weight excluding hydrogens is 314 g/mol. The normalized spacial score (nSPS) is 23.1. The molecule has 2 aliphatic rings. The van der Waals surface area contributed by atoms with Crippen LogP contribution in [0.4, 0.5) is 0 Å². The zero-order valence-corrected chi connectivity index (χ0v) is 14.3. The molecule has 0 bridgehead atoms. The van der Waals surface area contributed by atoms with Crippen LogP contribution in [-0.4, -0.2) is 33.4 Å². The minimum absolute atomic E-state index is 0.120. The second-order valence-corrected chi connectivity index (χ2v) is 7.08. The zero-order chi connectivity index (χ0) is 17.2. The Bertz CT molecular complexity index is 813. The highest BCUT2D eigenvalue weighted by Crippen LogP contribution is 2.35. The summed E-state index contributed by atoms with van der Waals surface area (Å²) in [6.45, 7) is 0.765. The second-order valence-electron chi connectivity index (χ2n) is 7.08. The molecule has 2 atom stereocenters. The molecule has 0 aromatic carbocycles. The number of nitrogens with one attached hydrogen (secondary N) is 1. The van der Waals surface area contributed by atoms with E-state index in [1.165, 1.54) is 25.7 Å². The third-order valence-corrected chi connectivity index (χ3v) is 5.58. The predicted molar refractivity (Wildman–Crippen MR) is 96.3 cm³/mol. The van der Waals surface area contributed by atoms with Gasteiger partial charge in [0.05, 0.1) is 11.4 Å². The van der Waals surface area contributed by atoms with Gasteiger partial charge in [-0.05, 0) is 55.9 Å². The number of piperidine rings is 1. The van der Waals surface area contributed by atoms with E-state index in [1.54, 1.807) is 18.3 Å². The molecule has 1 aliphatic heterocycles. The van der Waals surface area contributed by atoms with Crippen molar-refractivity contribution in [3.05, 3.63) is 52.4 Å². The van der Waals surface area contributed by atoms with E-state index in [2.05, 4.69) is 9.97 Å². The van der Waals surface area contributed by atoms with E-state index in [0.717, 1.165) is 19.4 Å². The van der Waals surface area contributed by atoms with Gasteiger partial charge in [-0.1, -0.05) is 18.9 Å². The number of amides is 1. The SMILES string of the molecule is O=C(c1ccc(-c2ccccn2)[nH]c1=O)N1CCCC2CCCCC21. The van der Waals surface area contributed by atoms with Gasteiger partial charge in [-0.25, -0.2) is 0 Å². The molecule has 1 N–H and O–H groups in total. The molecule has 5 nitrogen and oxygen atoms in total. The quantitative estimate of drug-likeness (QED) is 0.915. The molecule has 2 aromatic rings. The van der Waals surface area contributed by atoms with Crippen LogP contribution < -0.4 is 5.56 Å².